The normalized spacial score (nSPS) is 31.1. The molecule has 1 aliphatic carbocycles. The van der Waals surface area contributed by atoms with Crippen molar-refractivity contribution in [2.45, 2.75) is 38.3 Å². The molecule has 88 valence electrons. The van der Waals surface area contributed by atoms with Crippen molar-refractivity contribution < 1.29 is 9.53 Å². The van der Waals surface area contributed by atoms with Crippen molar-refractivity contribution in [2.75, 3.05) is 0 Å². The number of carbonyl (C=O) groups is 1. The van der Waals surface area contributed by atoms with E-state index in [1.165, 1.54) is 5.56 Å². The zero-order chi connectivity index (χ0) is 12.0. The van der Waals surface area contributed by atoms with Gasteiger partial charge in [0.05, 0.1) is 5.71 Å². The Kier molecular flexibility index (Phi) is 2.12. The minimum Gasteiger partial charge on any atom is -0.451 e. The van der Waals surface area contributed by atoms with Crippen LogP contribution in [-0.4, -0.2) is 23.3 Å². The fourth-order valence-electron chi connectivity index (χ4n) is 2.60. The molecule has 0 aromatic heterocycles. The molecule has 17 heavy (non-hydrogen) atoms. The van der Waals surface area contributed by atoms with E-state index in [2.05, 4.69) is 17.1 Å². The van der Waals surface area contributed by atoms with Crippen LogP contribution in [0.25, 0.3) is 0 Å². The van der Waals surface area contributed by atoms with Gasteiger partial charge in [0.1, 0.15) is 6.04 Å². The highest BCUT2D eigenvalue weighted by Gasteiger charge is 2.43. The second kappa shape index (κ2) is 3.42. The second-order valence-electron chi connectivity index (χ2n) is 4.96. The van der Waals surface area contributed by atoms with Gasteiger partial charge in [-0.3, -0.25) is 4.99 Å². The summed E-state index contributed by atoms with van der Waals surface area (Å²) in [6.45, 7) is 3.75. The highest BCUT2D eigenvalue weighted by molar-refractivity contribution is 6.11. The first-order chi connectivity index (χ1) is 8.10. The third-order valence-electron chi connectivity index (χ3n) is 3.63. The van der Waals surface area contributed by atoms with Crippen LogP contribution in [0, 0.1) is 0 Å². The van der Waals surface area contributed by atoms with Gasteiger partial charge in [-0.15, -0.1) is 0 Å². The van der Waals surface area contributed by atoms with Crippen LogP contribution in [0.5, 0.6) is 0 Å². The molecule has 0 spiro atoms. The van der Waals surface area contributed by atoms with Crippen molar-refractivity contribution in [3.8, 4) is 0 Å². The summed E-state index contributed by atoms with van der Waals surface area (Å²) in [7, 11) is 0. The Labute approximate surface area is 101 Å². The van der Waals surface area contributed by atoms with Gasteiger partial charge in [-0.05, 0) is 32.3 Å². The maximum absolute atomic E-state index is 11.6. The molecule has 2 atom stereocenters. The highest BCUT2D eigenvalue weighted by Crippen LogP contribution is 2.35. The SMILES string of the molecule is C[C@H]1N=C2c3ccccc3CC[C@@]2(C)OC1=O. The van der Waals surface area contributed by atoms with Gasteiger partial charge in [0.2, 0.25) is 0 Å². The smallest absolute Gasteiger partial charge is 0.331 e. The first-order valence-corrected chi connectivity index (χ1v) is 5.99. The van der Waals surface area contributed by atoms with E-state index in [0.29, 0.717) is 0 Å². The lowest BCUT2D eigenvalue weighted by molar-refractivity contribution is -0.155. The zero-order valence-corrected chi connectivity index (χ0v) is 10.1. The number of esters is 1. The lowest BCUT2D eigenvalue weighted by atomic mass is 9.79. The molecule has 3 heteroatoms. The van der Waals surface area contributed by atoms with Crippen molar-refractivity contribution in [3.05, 3.63) is 35.4 Å². The molecule has 2 aliphatic rings. The van der Waals surface area contributed by atoms with Gasteiger partial charge in [-0.1, -0.05) is 24.3 Å². The average Bonchev–Trinajstić information content (AvgIpc) is 2.32. The predicted octanol–water partition coefficient (Wildman–Crippen LogP) is 2.13. The average molecular weight is 229 g/mol. The van der Waals surface area contributed by atoms with E-state index in [1.54, 1.807) is 6.92 Å². The monoisotopic (exact) mass is 229 g/mol. The van der Waals surface area contributed by atoms with Crippen LogP contribution >= 0.6 is 0 Å². The molecule has 0 amide bonds. The Morgan fingerprint density at radius 1 is 1.41 bits per heavy atom. The molecule has 0 radical (unpaired) electrons. The Bertz CT molecular complexity index is 521. The number of carbonyl (C=O) groups excluding carboxylic acids is 1. The first kappa shape index (κ1) is 10.5. The second-order valence-corrected chi connectivity index (χ2v) is 4.96. The standard InChI is InChI=1S/C14H15NO2/c1-9-13(16)17-14(2)8-7-10-5-3-4-6-11(10)12(14)15-9/h3-6,9H,7-8H2,1-2H3/t9-,14-/m1/s1. The Morgan fingerprint density at radius 3 is 3.00 bits per heavy atom. The third-order valence-corrected chi connectivity index (χ3v) is 3.63. The Hall–Kier alpha value is -1.64. The summed E-state index contributed by atoms with van der Waals surface area (Å²) in [6, 6.07) is 7.86. The molecule has 1 aromatic carbocycles. The maximum Gasteiger partial charge on any atom is 0.331 e. The number of fused-ring (bicyclic) bond motifs is 3. The fraction of sp³-hybridized carbons (Fsp3) is 0.429. The van der Waals surface area contributed by atoms with Gasteiger partial charge in [-0.2, -0.15) is 0 Å². The molecule has 1 heterocycles. The van der Waals surface area contributed by atoms with E-state index in [1.807, 2.05) is 19.1 Å². The molecule has 0 fully saturated rings. The fourth-order valence-corrected chi connectivity index (χ4v) is 2.60. The number of aliphatic imine (C=N–C) groups is 1. The number of benzene rings is 1. The molecule has 0 saturated heterocycles. The van der Waals surface area contributed by atoms with E-state index in [0.717, 1.165) is 24.1 Å². The summed E-state index contributed by atoms with van der Waals surface area (Å²) in [5, 5.41) is 0. The molecule has 1 aliphatic heterocycles. The van der Waals surface area contributed by atoms with Crippen molar-refractivity contribution in [2.24, 2.45) is 4.99 Å². The summed E-state index contributed by atoms with van der Waals surface area (Å²) in [6.07, 6.45) is 1.76. The number of nitrogens with zero attached hydrogens (tertiary/aromatic N) is 1. The number of aryl methyl sites for hydroxylation is 1. The molecule has 3 nitrogen and oxygen atoms in total. The van der Waals surface area contributed by atoms with Crippen molar-refractivity contribution >= 4 is 11.7 Å². The van der Waals surface area contributed by atoms with E-state index in [-0.39, 0.29) is 12.0 Å². The van der Waals surface area contributed by atoms with Crippen molar-refractivity contribution in [1.82, 2.24) is 0 Å². The number of ether oxygens (including phenoxy) is 1. The zero-order valence-electron chi connectivity index (χ0n) is 10.1. The molecular weight excluding hydrogens is 214 g/mol. The van der Waals surface area contributed by atoms with Crippen molar-refractivity contribution in [3.63, 3.8) is 0 Å². The van der Waals surface area contributed by atoms with Gasteiger partial charge < -0.3 is 4.74 Å². The number of hydrogen-bond acceptors (Lipinski definition) is 3. The minimum absolute atomic E-state index is 0.212. The molecule has 0 N–H and O–H groups in total. The number of hydrogen-bond donors (Lipinski definition) is 0. The lowest BCUT2D eigenvalue weighted by Gasteiger charge is -2.39. The number of rotatable bonds is 0. The summed E-state index contributed by atoms with van der Waals surface area (Å²) in [4.78, 5) is 16.2. The molecule has 0 bridgehead atoms. The molecule has 3 rings (SSSR count). The predicted molar refractivity (Wildman–Crippen MR) is 65.3 cm³/mol. The summed E-state index contributed by atoms with van der Waals surface area (Å²) >= 11 is 0. The highest BCUT2D eigenvalue weighted by atomic mass is 16.6. The van der Waals surface area contributed by atoms with E-state index < -0.39 is 5.60 Å². The molecule has 1 aromatic rings. The maximum atomic E-state index is 11.6. The van der Waals surface area contributed by atoms with Crippen LogP contribution in [0.4, 0.5) is 0 Å². The van der Waals surface area contributed by atoms with E-state index in [9.17, 15) is 4.79 Å². The van der Waals surface area contributed by atoms with Crippen molar-refractivity contribution in [1.29, 1.82) is 0 Å². The Balaban J connectivity index is 2.18. The summed E-state index contributed by atoms with van der Waals surface area (Å²) in [5.41, 5.74) is 2.85. The minimum atomic E-state index is -0.530. The van der Waals surface area contributed by atoms with Gasteiger partial charge in [0.15, 0.2) is 5.60 Å². The molecule has 0 saturated carbocycles. The van der Waals surface area contributed by atoms with Crippen LogP contribution in [0.15, 0.2) is 29.3 Å². The lowest BCUT2D eigenvalue weighted by Crippen LogP contribution is -2.50. The van der Waals surface area contributed by atoms with Crippen LogP contribution < -0.4 is 0 Å². The van der Waals surface area contributed by atoms with Crippen LogP contribution in [0.1, 0.15) is 31.4 Å². The van der Waals surface area contributed by atoms with E-state index in [4.69, 9.17) is 4.74 Å². The van der Waals surface area contributed by atoms with Crippen LogP contribution in [0.3, 0.4) is 0 Å². The molecule has 0 unspecified atom stereocenters. The summed E-state index contributed by atoms with van der Waals surface area (Å²) < 4.78 is 5.58. The van der Waals surface area contributed by atoms with Gasteiger partial charge in [-0.25, -0.2) is 4.79 Å². The first-order valence-electron chi connectivity index (χ1n) is 5.99. The molecular formula is C14H15NO2. The summed E-state index contributed by atoms with van der Waals surface area (Å²) in [5.74, 6) is -0.212. The Morgan fingerprint density at radius 2 is 2.18 bits per heavy atom. The van der Waals surface area contributed by atoms with Gasteiger partial charge in [0, 0.05) is 5.56 Å². The largest absolute Gasteiger partial charge is 0.451 e. The quantitative estimate of drug-likeness (QED) is 0.639. The topological polar surface area (TPSA) is 38.7 Å². The van der Waals surface area contributed by atoms with E-state index >= 15 is 0 Å². The van der Waals surface area contributed by atoms with Crippen LogP contribution in [-0.2, 0) is 16.0 Å². The van der Waals surface area contributed by atoms with Gasteiger partial charge >= 0.3 is 5.97 Å². The third kappa shape index (κ3) is 1.49. The van der Waals surface area contributed by atoms with Crippen LogP contribution in [0.2, 0.25) is 0 Å². The van der Waals surface area contributed by atoms with Gasteiger partial charge in [0.25, 0.3) is 0 Å².